The Hall–Kier alpha value is -1.57. The Morgan fingerprint density at radius 1 is 1.33 bits per heavy atom. The molecule has 0 aromatic heterocycles. The third kappa shape index (κ3) is 0.925. The molecular weight excluding hydrogens is 152 g/mol. The van der Waals surface area contributed by atoms with Crippen LogP contribution in [0.1, 0.15) is 11.1 Å². The SMILES string of the molecule is O=C(O)C1=CCc2ccccc21. The summed E-state index contributed by atoms with van der Waals surface area (Å²) >= 11 is 0. The van der Waals surface area contributed by atoms with E-state index in [0.717, 1.165) is 17.5 Å². The normalized spacial score (nSPS) is 13.8. The third-order valence-corrected chi connectivity index (χ3v) is 2.06. The minimum Gasteiger partial charge on any atom is -0.478 e. The summed E-state index contributed by atoms with van der Waals surface area (Å²) in [6.07, 6.45) is 2.50. The number of carbonyl (C=O) groups is 1. The van der Waals surface area contributed by atoms with Gasteiger partial charge in [-0.15, -0.1) is 0 Å². The molecule has 0 saturated carbocycles. The van der Waals surface area contributed by atoms with Crippen molar-refractivity contribution in [2.45, 2.75) is 6.42 Å². The summed E-state index contributed by atoms with van der Waals surface area (Å²) in [5.41, 5.74) is 2.41. The molecule has 1 aliphatic rings. The van der Waals surface area contributed by atoms with E-state index in [0.29, 0.717) is 5.57 Å². The van der Waals surface area contributed by atoms with Gasteiger partial charge >= 0.3 is 5.97 Å². The van der Waals surface area contributed by atoms with Crippen molar-refractivity contribution in [1.29, 1.82) is 0 Å². The van der Waals surface area contributed by atoms with Crippen LogP contribution in [-0.4, -0.2) is 11.1 Å². The topological polar surface area (TPSA) is 37.3 Å². The monoisotopic (exact) mass is 160 g/mol. The van der Waals surface area contributed by atoms with E-state index in [1.54, 1.807) is 6.08 Å². The fraction of sp³-hybridized carbons (Fsp3) is 0.100. The molecule has 0 unspecified atom stereocenters. The summed E-state index contributed by atoms with van der Waals surface area (Å²) in [6.45, 7) is 0. The van der Waals surface area contributed by atoms with Crippen LogP contribution in [0.4, 0.5) is 0 Å². The molecule has 0 bridgehead atoms. The predicted molar refractivity (Wildman–Crippen MR) is 45.8 cm³/mol. The van der Waals surface area contributed by atoms with Crippen LogP contribution in [0.2, 0.25) is 0 Å². The van der Waals surface area contributed by atoms with E-state index in [9.17, 15) is 4.79 Å². The van der Waals surface area contributed by atoms with Crippen molar-refractivity contribution < 1.29 is 9.90 Å². The number of fused-ring (bicyclic) bond motifs is 1. The minimum absolute atomic E-state index is 0.436. The molecule has 60 valence electrons. The van der Waals surface area contributed by atoms with Gasteiger partial charge in [-0.05, 0) is 17.5 Å². The Balaban J connectivity index is 2.52. The first-order valence-electron chi connectivity index (χ1n) is 3.81. The van der Waals surface area contributed by atoms with E-state index in [1.807, 2.05) is 24.3 Å². The van der Waals surface area contributed by atoms with Crippen LogP contribution >= 0.6 is 0 Å². The molecule has 0 heterocycles. The van der Waals surface area contributed by atoms with Gasteiger partial charge < -0.3 is 5.11 Å². The zero-order valence-electron chi connectivity index (χ0n) is 6.45. The van der Waals surface area contributed by atoms with Gasteiger partial charge in [0.2, 0.25) is 0 Å². The Morgan fingerprint density at radius 2 is 2.08 bits per heavy atom. The van der Waals surface area contributed by atoms with Crippen LogP contribution in [0, 0.1) is 0 Å². The minimum atomic E-state index is -0.833. The van der Waals surface area contributed by atoms with Crippen molar-refractivity contribution >= 4 is 11.5 Å². The number of carboxylic acid groups (broad SMARTS) is 1. The summed E-state index contributed by atoms with van der Waals surface area (Å²) in [5, 5.41) is 8.79. The van der Waals surface area contributed by atoms with Gasteiger partial charge in [0, 0.05) is 0 Å². The largest absolute Gasteiger partial charge is 0.478 e. The smallest absolute Gasteiger partial charge is 0.335 e. The number of hydrogen-bond acceptors (Lipinski definition) is 1. The van der Waals surface area contributed by atoms with Crippen molar-refractivity contribution in [3.05, 3.63) is 41.5 Å². The van der Waals surface area contributed by atoms with E-state index >= 15 is 0 Å². The lowest BCUT2D eigenvalue weighted by Gasteiger charge is -1.98. The first kappa shape index (κ1) is 7.10. The van der Waals surface area contributed by atoms with Gasteiger partial charge in [-0.1, -0.05) is 30.3 Å². The van der Waals surface area contributed by atoms with Gasteiger partial charge in [-0.25, -0.2) is 4.79 Å². The summed E-state index contributed by atoms with van der Waals surface area (Å²) in [6, 6.07) is 7.60. The molecule has 12 heavy (non-hydrogen) atoms. The molecule has 2 rings (SSSR count). The number of rotatable bonds is 1. The van der Waals surface area contributed by atoms with Crippen molar-refractivity contribution in [2.75, 3.05) is 0 Å². The Kier molecular flexibility index (Phi) is 1.47. The zero-order valence-corrected chi connectivity index (χ0v) is 6.45. The van der Waals surface area contributed by atoms with E-state index in [4.69, 9.17) is 5.11 Å². The van der Waals surface area contributed by atoms with Gasteiger partial charge in [0.1, 0.15) is 0 Å². The predicted octanol–water partition coefficient (Wildman–Crippen LogP) is 1.71. The van der Waals surface area contributed by atoms with Crippen LogP contribution in [0.5, 0.6) is 0 Å². The maximum absolute atomic E-state index is 10.7. The molecule has 0 fully saturated rings. The number of benzene rings is 1. The average molecular weight is 160 g/mol. The van der Waals surface area contributed by atoms with E-state index in [2.05, 4.69) is 0 Å². The van der Waals surface area contributed by atoms with Crippen LogP contribution in [0.15, 0.2) is 30.3 Å². The maximum Gasteiger partial charge on any atom is 0.335 e. The summed E-state index contributed by atoms with van der Waals surface area (Å²) < 4.78 is 0. The molecule has 1 aliphatic carbocycles. The third-order valence-electron chi connectivity index (χ3n) is 2.06. The standard InChI is InChI=1S/C10H8O2/c11-10(12)9-6-5-7-3-1-2-4-8(7)9/h1-4,6H,5H2,(H,11,12). The van der Waals surface area contributed by atoms with Crippen molar-refractivity contribution in [2.24, 2.45) is 0 Å². The molecule has 0 spiro atoms. The molecular formula is C10H8O2. The van der Waals surface area contributed by atoms with Crippen LogP contribution in [-0.2, 0) is 11.2 Å². The molecule has 0 saturated heterocycles. The Labute approximate surface area is 70.2 Å². The van der Waals surface area contributed by atoms with Crippen molar-refractivity contribution in [3.63, 3.8) is 0 Å². The second-order valence-electron chi connectivity index (χ2n) is 2.78. The average Bonchev–Trinajstić information content (AvgIpc) is 2.47. The molecule has 0 aliphatic heterocycles. The number of hydrogen-bond donors (Lipinski definition) is 1. The van der Waals surface area contributed by atoms with Crippen LogP contribution in [0.25, 0.3) is 5.57 Å². The fourth-order valence-electron chi connectivity index (χ4n) is 1.49. The first-order valence-corrected chi connectivity index (χ1v) is 3.81. The van der Waals surface area contributed by atoms with Gasteiger partial charge in [0.15, 0.2) is 0 Å². The maximum atomic E-state index is 10.7. The van der Waals surface area contributed by atoms with Gasteiger partial charge in [-0.2, -0.15) is 0 Å². The fourth-order valence-corrected chi connectivity index (χ4v) is 1.49. The Bertz CT molecular complexity index is 364. The van der Waals surface area contributed by atoms with E-state index in [1.165, 1.54) is 0 Å². The molecule has 2 heteroatoms. The van der Waals surface area contributed by atoms with Crippen LogP contribution < -0.4 is 0 Å². The van der Waals surface area contributed by atoms with Gasteiger partial charge in [-0.3, -0.25) is 0 Å². The Morgan fingerprint density at radius 3 is 2.83 bits per heavy atom. The van der Waals surface area contributed by atoms with Crippen molar-refractivity contribution in [3.8, 4) is 0 Å². The zero-order chi connectivity index (χ0) is 8.55. The molecule has 1 aromatic rings. The van der Waals surface area contributed by atoms with Crippen molar-refractivity contribution in [1.82, 2.24) is 0 Å². The highest BCUT2D eigenvalue weighted by Gasteiger charge is 2.17. The molecule has 0 radical (unpaired) electrons. The molecule has 1 aromatic carbocycles. The van der Waals surface area contributed by atoms with Gasteiger partial charge in [0.05, 0.1) is 5.57 Å². The molecule has 2 nitrogen and oxygen atoms in total. The second-order valence-corrected chi connectivity index (χ2v) is 2.78. The highest BCUT2D eigenvalue weighted by atomic mass is 16.4. The second kappa shape index (κ2) is 2.48. The summed E-state index contributed by atoms with van der Waals surface area (Å²) in [7, 11) is 0. The van der Waals surface area contributed by atoms with Gasteiger partial charge in [0.25, 0.3) is 0 Å². The summed E-state index contributed by atoms with van der Waals surface area (Å²) in [4.78, 5) is 10.7. The summed E-state index contributed by atoms with van der Waals surface area (Å²) in [5.74, 6) is -0.833. The first-order chi connectivity index (χ1) is 5.79. The molecule has 0 atom stereocenters. The number of allylic oxidation sites excluding steroid dienone is 1. The lowest BCUT2D eigenvalue weighted by atomic mass is 10.1. The molecule has 1 N–H and O–H groups in total. The number of aliphatic carboxylic acids is 1. The highest BCUT2D eigenvalue weighted by Crippen LogP contribution is 2.26. The molecule has 0 amide bonds. The van der Waals surface area contributed by atoms with E-state index in [-0.39, 0.29) is 0 Å². The van der Waals surface area contributed by atoms with Crippen LogP contribution in [0.3, 0.4) is 0 Å². The lowest BCUT2D eigenvalue weighted by Crippen LogP contribution is -1.97. The lowest BCUT2D eigenvalue weighted by molar-refractivity contribution is -0.130. The highest BCUT2D eigenvalue weighted by molar-refractivity contribution is 6.16. The van der Waals surface area contributed by atoms with E-state index < -0.39 is 5.97 Å². The number of carboxylic acids is 1. The quantitative estimate of drug-likeness (QED) is 0.679.